The molecule has 2 aliphatic heterocycles. The van der Waals surface area contributed by atoms with E-state index in [0.29, 0.717) is 35.8 Å². The predicted molar refractivity (Wildman–Crippen MR) is 118 cm³/mol. The molecule has 168 valence electrons. The molecule has 1 fully saturated rings. The van der Waals surface area contributed by atoms with Gasteiger partial charge in [-0.3, -0.25) is 14.9 Å². The number of hydrogen-bond donors (Lipinski definition) is 2. The molecule has 4 amide bonds. The third-order valence-corrected chi connectivity index (χ3v) is 6.40. The van der Waals surface area contributed by atoms with E-state index >= 15 is 0 Å². The van der Waals surface area contributed by atoms with E-state index in [1.807, 2.05) is 29.2 Å². The first kappa shape index (κ1) is 20.9. The summed E-state index contributed by atoms with van der Waals surface area (Å²) >= 11 is 0. The average molecular weight is 445 g/mol. The lowest BCUT2D eigenvalue weighted by Crippen LogP contribution is -2.40. The largest absolute Gasteiger partial charge is 0.339 e. The van der Waals surface area contributed by atoms with Crippen LogP contribution in [0.25, 0.3) is 11.4 Å². The monoisotopic (exact) mass is 445 g/mol. The van der Waals surface area contributed by atoms with Crippen LogP contribution in [0.15, 0.2) is 53.1 Å². The molecule has 5 rings (SSSR count). The van der Waals surface area contributed by atoms with Gasteiger partial charge in [-0.1, -0.05) is 47.6 Å². The third kappa shape index (κ3) is 3.65. The van der Waals surface area contributed by atoms with Gasteiger partial charge in [0.05, 0.1) is 12.5 Å². The molecule has 2 N–H and O–H groups in total. The Morgan fingerprint density at radius 2 is 2.03 bits per heavy atom. The molecule has 1 saturated heterocycles. The lowest BCUT2D eigenvalue weighted by atomic mass is 9.90. The summed E-state index contributed by atoms with van der Waals surface area (Å²) in [4.78, 5) is 42.6. The number of urea groups is 1. The highest BCUT2D eigenvalue weighted by molar-refractivity contribution is 6.07. The fourth-order valence-corrected chi connectivity index (χ4v) is 4.58. The molecule has 9 nitrogen and oxygen atoms in total. The lowest BCUT2D eigenvalue weighted by molar-refractivity contribution is -0.131. The van der Waals surface area contributed by atoms with Crippen molar-refractivity contribution in [2.45, 2.75) is 38.3 Å². The minimum atomic E-state index is -1.17. The molecule has 0 aliphatic carbocycles. The topological polar surface area (TPSA) is 117 Å². The Bertz CT molecular complexity index is 1270. The fourth-order valence-electron chi connectivity index (χ4n) is 4.58. The average Bonchev–Trinajstić information content (AvgIpc) is 3.37. The van der Waals surface area contributed by atoms with Crippen LogP contribution in [-0.2, 0) is 28.0 Å². The van der Waals surface area contributed by atoms with Gasteiger partial charge in [0.1, 0.15) is 5.54 Å². The number of carbonyl (C=O) groups excluding carboxylic acids is 3. The first-order valence-corrected chi connectivity index (χ1v) is 10.8. The van der Waals surface area contributed by atoms with Crippen molar-refractivity contribution in [2.24, 2.45) is 0 Å². The van der Waals surface area contributed by atoms with E-state index in [2.05, 4.69) is 26.8 Å². The Hall–Kier alpha value is -4.01. The van der Waals surface area contributed by atoms with Gasteiger partial charge >= 0.3 is 6.03 Å². The van der Waals surface area contributed by atoms with Crippen LogP contribution >= 0.6 is 0 Å². The summed E-state index contributed by atoms with van der Waals surface area (Å²) in [6, 6.07) is 14.5. The van der Waals surface area contributed by atoms with Crippen LogP contribution in [0.1, 0.15) is 42.5 Å². The van der Waals surface area contributed by atoms with Gasteiger partial charge < -0.3 is 14.7 Å². The smallest absolute Gasteiger partial charge is 0.322 e. The molecule has 2 aromatic carbocycles. The summed E-state index contributed by atoms with van der Waals surface area (Å²) in [7, 11) is 0. The number of benzene rings is 2. The number of amides is 4. The minimum absolute atomic E-state index is 0.00655. The van der Waals surface area contributed by atoms with E-state index < -0.39 is 17.5 Å². The highest BCUT2D eigenvalue weighted by Gasteiger charge is 2.43. The summed E-state index contributed by atoms with van der Waals surface area (Å²) in [6.45, 7) is 3.86. The first-order valence-electron chi connectivity index (χ1n) is 10.8. The summed E-state index contributed by atoms with van der Waals surface area (Å²) in [5, 5.41) is 9.05. The molecule has 2 aliphatic rings. The highest BCUT2D eigenvalue weighted by Crippen LogP contribution is 2.33. The Kier molecular flexibility index (Phi) is 4.96. The fraction of sp³-hybridized carbons (Fsp3) is 0.292. The minimum Gasteiger partial charge on any atom is -0.339 e. The van der Waals surface area contributed by atoms with Crippen molar-refractivity contribution < 1.29 is 18.9 Å². The molecule has 9 heteroatoms. The number of hydrogen-bond acceptors (Lipinski definition) is 6. The molecule has 3 aromatic rings. The van der Waals surface area contributed by atoms with E-state index in [1.165, 1.54) is 5.56 Å². The molecular weight excluding hydrogens is 422 g/mol. The summed E-state index contributed by atoms with van der Waals surface area (Å²) in [6.07, 6.45) is 1.22. The number of nitrogens with zero attached hydrogens (tertiary/aromatic N) is 3. The van der Waals surface area contributed by atoms with Crippen LogP contribution in [0.2, 0.25) is 0 Å². The maximum absolute atomic E-state index is 12.3. The summed E-state index contributed by atoms with van der Waals surface area (Å²) in [5.74, 6) is 0.381. The van der Waals surface area contributed by atoms with Crippen molar-refractivity contribution in [3.05, 3.63) is 71.1 Å². The quantitative estimate of drug-likeness (QED) is 0.596. The zero-order valence-corrected chi connectivity index (χ0v) is 18.3. The molecule has 3 heterocycles. The molecular formula is C24H23N5O4. The summed E-state index contributed by atoms with van der Waals surface area (Å²) < 4.78 is 5.55. The number of fused-ring (bicyclic) bond motifs is 1. The maximum atomic E-state index is 12.3. The Balaban J connectivity index is 1.43. The van der Waals surface area contributed by atoms with Crippen molar-refractivity contribution in [2.75, 3.05) is 6.54 Å². The highest BCUT2D eigenvalue weighted by atomic mass is 16.5. The number of carbonyl (C=O) groups is 3. The molecule has 33 heavy (non-hydrogen) atoms. The number of rotatable bonds is 4. The molecule has 0 saturated carbocycles. The Morgan fingerprint density at radius 1 is 1.21 bits per heavy atom. The van der Waals surface area contributed by atoms with Gasteiger partial charge in [0.25, 0.3) is 5.91 Å². The molecule has 0 bridgehead atoms. The number of imide groups is 1. The van der Waals surface area contributed by atoms with Gasteiger partial charge in [-0.2, -0.15) is 4.98 Å². The standard InChI is InChI=1S/C24H23N5O4/c1-14(30)29-11-10-15-6-3-4-9-18(15)19(29)13-20-25-21(28-33-20)16-7-5-8-17(12-16)24(2)22(31)26-23(32)27-24/h3-9,12,19H,10-11,13H2,1-2H3,(H2,26,27,31,32). The second-order valence-electron chi connectivity index (χ2n) is 8.51. The molecule has 0 radical (unpaired) electrons. The van der Waals surface area contributed by atoms with Crippen LogP contribution in [-0.4, -0.2) is 39.4 Å². The lowest BCUT2D eigenvalue weighted by Gasteiger charge is -2.36. The van der Waals surface area contributed by atoms with E-state index in [1.54, 1.807) is 32.0 Å². The number of aromatic nitrogens is 2. The van der Waals surface area contributed by atoms with Gasteiger partial charge in [-0.05, 0) is 36.1 Å². The van der Waals surface area contributed by atoms with E-state index in [-0.39, 0.29) is 11.9 Å². The maximum Gasteiger partial charge on any atom is 0.322 e. The Morgan fingerprint density at radius 3 is 2.79 bits per heavy atom. The molecule has 2 unspecified atom stereocenters. The predicted octanol–water partition coefficient (Wildman–Crippen LogP) is 2.48. The van der Waals surface area contributed by atoms with Crippen LogP contribution < -0.4 is 10.6 Å². The van der Waals surface area contributed by atoms with Gasteiger partial charge in [-0.25, -0.2) is 4.79 Å². The normalized spacial score (nSPS) is 22.0. The molecule has 1 aromatic heterocycles. The van der Waals surface area contributed by atoms with Crippen molar-refractivity contribution in [3.8, 4) is 11.4 Å². The van der Waals surface area contributed by atoms with Crippen molar-refractivity contribution in [1.82, 2.24) is 25.7 Å². The van der Waals surface area contributed by atoms with Gasteiger partial charge in [0, 0.05) is 19.0 Å². The first-order chi connectivity index (χ1) is 15.8. The van der Waals surface area contributed by atoms with E-state index in [9.17, 15) is 14.4 Å². The van der Waals surface area contributed by atoms with Gasteiger partial charge in [0.15, 0.2) is 0 Å². The number of nitrogens with one attached hydrogen (secondary N) is 2. The molecule has 0 spiro atoms. The van der Waals surface area contributed by atoms with Gasteiger partial charge in [-0.15, -0.1) is 0 Å². The second-order valence-corrected chi connectivity index (χ2v) is 8.51. The van der Waals surface area contributed by atoms with Gasteiger partial charge in [0.2, 0.25) is 17.6 Å². The van der Waals surface area contributed by atoms with Crippen molar-refractivity contribution >= 4 is 17.8 Å². The zero-order chi connectivity index (χ0) is 23.2. The second kappa shape index (κ2) is 7.84. The van der Waals surface area contributed by atoms with E-state index in [0.717, 1.165) is 12.0 Å². The van der Waals surface area contributed by atoms with Crippen LogP contribution in [0.5, 0.6) is 0 Å². The Labute approximate surface area is 190 Å². The van der Waals surface area contributed by atoms with Crippen molar-refractivity contribution in [3.63, 3.8) is 0 Å². The third-order valence-electron chi connectivity index (χ3n) is 6.40. The summed E-state index contributed by atoms with van der Waals surface area (Å²) in [5.41, 5.74) is 2.41. The van der Waals surface area contributed by atoms with Crippen LogP contribution in [0, 0.1) is 0 Å². The molecule has 2 atom stereocenters. The van der Waals surface area contributed by atoms with Crippen molar-refractivity contribution in [1.29, 1.82) is 0 Å². The zero-order valence-electron chi connectivity index (χ0n) is 18.3. The SMILES string of the molecule is CC(=O)N1CCc2ccccc2C1Cc1nc(-c2cccc(C3(C)NC(=O)NC3=O)c2)no1. The van der Waals surface area contributed by atoms with Crippen LogP contribution in [0.4, 0.5) is 4.79 Å². The van der Waals surface area contributed by atoms with E-state index in [4.69, 9.17) is 4.52 Å². The van der Waals surface area contributed by atoms with Crippen LogP contribution in [0.3, 0.4) is 0 Å².